The second kappa shape index (κ2) is 9.56. The summed E-state index contributed by atoms with van der Waals surface area (Å²) < 4.78 is 27.9. The molecule has 5 rings (SSSR count). The topological polar surface area (TPSA) is 92.3 Å². The Balaban J connectivity index is 1.51. The molecule has 0 atom stereocenters. The predicted molar refractivity (Wildman–Crippen MR) is 137 cm³/mol. The molecule has 0 bridgehead atoms. The van der Waals surface area contributed by atoms with Crippen LogP contribution in [0.3, 0.4) is 0 Å². The van der Waals surface area contributed by atoms with Crippen molar-refractivity contribution in [2.75, 3.05) is 18.4 Å². The van der Waals surface area contributed by atoms with Crippen molar-refractivity contribution in [3.8, 4) is 11.4 Å². The van der Waals surface area contributed by atoms with E-state index >= 15 is 0 Å². The number of piperidine rings is 1. The van der Waals surface area contributed by atoms with Crippen LogP contribution in [0.4, 0.5) is 5.69 Å². The number of carbonyl (C=O) groups excluding carboxylic acids is 1. The number of nitrogens with one attached hydrogen (secondary N) is 1. The number of hydrogen-bond donors (Lipinski definition) is 1. The zero-order valence-corrected chi connectivity index (χ0v) is 20.3. The number of benzene rings is 2. The first-order valence-electron chi connectivity index (χ1n) is 11.7. The molecule has 1 amide bonds. The molecule has 0 spiro atoms. The number of nitrogens with zero attached hydrogens (tertiary/aromatic N) is 3. The van der Waals surface area contributed by atoms with Crippen LogP contribution in [0, 0.1) is 6.92 Å². The fourth-order valence-electron chi connectivity index (χ4n) is 4.35. The number of fused-ring (bicyclic) bond motifs is 1. The van der Waals surface area contributed by atoms with Gasteiger partial charge in [0.05, 0.1) is 27.4 Å². The molecule has 7 nitrogen and oxygen atoms in total. The highest BCUT2D eigenvalue weighted by Gasteiger charge is 2.26. The van der Waals surface area contributed by atoms with Gasteiger partial charge in [0.1, 0.15) is 0 Å². The van der Waals surface area contributed by atoms with Crippen LogP contribution in [0.15, 0.2) is 77.8 Å². The van der Waals surface area contributed by atoms with E-state index in [1.54, 1.807) is 30.5 Å². The maximum atomic E-state index is 13.5. The lowest BCUT2D eigenvalue weighted by atomic mass is 10.0. The molecule has 35 heavy (non-hydrogen) atoms. The quantitative estimate of drug-likeness (QED) is 0.427. The van der Waals surface area contributed by atoms with E-state index in [0.717, 1.165) is 24.8 Å². The molecule has 1 fully saturated rings. The molecule has 0 aliphatic carbocycles. The number of para-hydroxylation sites is 1. The van der Waals surface area contributed by atoms with Gasteiger partial charge in [0.15, 0.2) is 0 Å². The third kappa shape index (κ3) is 4.67. The molecule has 0 saturated carbocycles. The number of carbonyl (C=O) groups is 1. The van der Waals surface area contributed by atoms with Gasteiger partial charge < -0.3 is 5.32 Å². The SMILES string of the molecule is Cc1ccc(S(=O)(=O)N2CCCCC2)cc1NC(=O)c1cc(-c2ccccn2)nc2ccccc12. The molecule has 1 saturated heterocycles. The predicted octanol–water partition coefficient (Wildman–Crippen LogP) is 5.03. The van der Waals surface area contributed by atoms with E-state index in [2.05, 4.69) is 15.3 Å². The summed E-state index contributed by atoms with van der Waals surface area (Å²) in [5, 5.41) is 3.65. The van der Waals surface area contributed by atoms with Crippen LogP contribution in [0.2, 0.25) is 0 Å². The maximum absolute atomic E-state index is 13.5. The van der Waals surface area contributed by atoms with E-state index < -0.39 is 10.0 Å². The number of hydrogen-bond acceptors (Lipinski definition) is 5. The molecular formula is C27H26N4O3S. The normalized spacial score (nSPS) is 14.7. The molecule has 1 aliphatic rings. The zero-order chi connectivity index (χ0) is 24.4. The number of aromatic nitrogens is 2. The molecular weight excluding hydrogens is 460 g/mol. The van der Waals surface area contributed by atoms with Gasteiger partial charge in [-0.3, -0.25) is 9.78 Å². The van der Waals surface area contributed by atoms with Crippen molar-refractivity contribution in [3.63, 3.8) is 0 Å². The maximum Gasteiger partial charge on any atom is 0.256 e. The smallest absolute Gasteiger partial charge is 0.256 e. The summed E-state index contributed by atoms with van der Waals surface area (Å²) in [6, 6.07) is 19.6. The Morgan fingerprint density at radius 2 is 1.69 bits per heavy atom. The van der Waals surface area contributed by atoms with Crippen LogP contribution in [0.5, 0.6) is 0 Å². The van der Waals surface area contributed by atoms with Crippen molar-refractivity contribution in [3.05, 3.63) is 84.1 Å². The van der Waals surface area contributed by atoms with Gasteiger partial charge in [0, 0.05) is 30.4 Å². The fraction of sp³-hybridized carbons (Fsp3) is 0.222. The Morgan fingerprint density at radius 1 is 0.914 bits per heavy atom. The van der Waals surface area contributed by atoms with Gasteiger partial charge in [-0.1, -0.05) is 36.8 Å². The minimum absolute atomic E-state index is 0.189. The molecule has 4 aromatic rings. The largest absolute Gasteiger partial charge is 0.322 e. The van der Waals surface area contributed by atoms with Crippen molar-refractivity contribution in [2.45, 2.75) is 31.1 Å². The number of sulfonamides is 1. The Labute approximate surface area is 204 Å². The van der Waals surface area contributed by atoms with Crippen molar-refractivity contribution in [2.24, 2.45) is 0 Å². The molecule has 3 heterocycles. The average Bonchev–Trinajstić information content (AvgIpc) is 2.90. The molecule has 1 aliphatic heterocycles. The van der Waals surface area contributed by atoms with Crippen molar-refractivity contribution < 1.29 is 13.2 Å². The van der Waals surface area contributed by atoms with Crippen molar-refractivity contribution in [1.82, 2.24) is 14.3 Å². The summed E-state index contributed by atoms with van der Waals surface area (Å²) in [5.74, 6) is -0.337. The lowest BCUT2D eigenvalue weighted by molar-refractivity contribution is 0.102. The molecule has 178 valence electrons. The van der Waals surface area contributed by atoms with Gasteiger partial charge in [-0.2, -0.15) is 4.31 Å². The van der Waals surface area contributed by atoms with Gasteiger partial charge in [-0.25, -0.2) is 13.4 Å². The van der Waals surface area contributed by atoms with E-state index in [1.165, 1.54) is 4.31 Å². The van der Waals surface area contributed by atoms with Crippen LogP contribution in [-0.4, -0.2) is 41.7 Å². The lowest BCUT2D eigenvalue weighted by Gasteiger charge is -2.26. The first kappa shape index (κ1) is 23.1. The lowest BCUT2D eigenvalue weighted by Crippen LogP contribution is -2.35. The van der Waals surface area contributed by atoms with Crippen LogP contribution < -0.4 is 5.32 Å². The first-order valence-corrected chi connectivity index (χ1v) is 13.1. The second-order valence-electron chi connectivity index (χ2n) is 8.68. The van der Waals surface area contributed by atoms with E-state index in [4.69, 9.17) is 0 Å². The minimum Gasteiger partial charge on any atom is -0.322 e. The summed E-state index contributed by atoms with van der Waals surface area (Å²) in [4.78, 5) is 22.8. The fourth-order valence-corrected chi connectivity index (χ4v) is 5.89. The monoisotopic (exact) mass is 486 g/mol. The summed E-state index contributed by atoms with van der Waals surface area (Å²) in [5.41, 5.74) is 3.62. The molecule has 1 N–H and O–H groups in total. The minimum atomic E-state index is -3.62. The molecule has 0 unspecified atom stereocenters. The third-order valence-electron chi connectivity index (χ3n) is 6.30. The van der Waals surface area contributed by atoms with Crippen LogP contribution in [0.1, 0.15) is 35.2 Å². The molecule has 2 aromatic carbocycles. The number of aryl methyl sites for hydroxylation is 1. The van der Waals surface area contributed by atoms with E-state index in [-0.39, 0.29) is 10.8 Å². The summed E-state index contributed by atoms with van der Waals surface area (Å²) >= 11 is 0. The third-order valence-corrected chi connectivity index (χ3v) is 8.19. The molecule has 0 radical (unpaired) electrons. The second-order valence-corrected chi connectivity index (χ2v) is 10.6. The summed E-state index contributed by atoms with van der Waals surface area (Å²) in [7, 11) is -3.62. The Morgan fingerprint density at radius 3 is 2.46 bits per heavy atom. The standard InChI is InChI=1S/C27H26N4O3S/c1-19-12-13-20(35(33,34)31-15-7-2-8-16-31)17-25(19)30-27(32)22-18-26(24-11-5-6-14-28-24)29-23-10-4-3-9-21(22)23/h3-6,9-14,17-18H,2,7-8,15-16H2,1H3,(H,30,32). The highest BCUT2D eigenvalue weighted by molar-refractivity contribution is 7.89. The van der Waals surface area contributed by atoms with Crippen LogP contribution >= 0.6 is 0 Å². The van der Waals surface area contributed by atoms with Gasteiger partial charge >= 0.3 is 0 Å². The van der Waals surface area contributed by atoms with Gasteiger partial charge in [0.25, 0.3) is 5.91 Å². The highest BCUT2D eigenvalue weighted by atomic mass is 32.2. The number of rotatable bonds is 5. The number of pyridine rings is 2. The van der Waals surface area contributed by atoms with Gasteiger partial charge in [-0.15, -0.1) is 0 Å². The van der Waals surface area contributed by atoms with E-state index in [1.807, 2.05) is 49.4 Å². The molecule has 8 heteroatoms. The van der Waals surface area contributed by atoms with Gasteiger partial charge in [-0.05, 0) is 61.7 Å². The van der Waals surface area contributed by atoms with Gasteiger partial charge in [0.2, 0.25) is 10.0 Å². The number of anilines is 1. The van der Waals surface area contributed by atoms with E-state index in [9.17, 15) is 13.2 Å². The zero-order valence-electron chi connectivity index (χ0n) is 19.4. The van der Waals surface area contributed by atoms with Crippen LogP contribution in [0.25, 0.3) is 22.3 Å². The van der Waals surface area contributed by atoms with Crippen LogP contribution in [-0.2, 0) is 10.0 Å². The number of amides is 1. The average molecular weight is 487 g/mol. The van der Waals surface area contributed by atoms with Crippen molar-refractivity contribution >= 4 is 32.5 Å². The Kier molecular flexibility index (Phi) is 6.32. The first-order chi connectivity index (χ1) is 16.9. The Hall–Kier alpha value is -3.62. The summed E-state index contributed by atoms with van der Waals surface area (Å²) in [6.45, 7) is 2.89. The molecule has 2 aromatic heterocycles. The highest BCUT2D eigenvalue weighted by Crippen LogP contribution is 2.28. The van der Waals surface area contributed by atoms with E-state index in [0.29, 0.717) is 46.6 Å². The Bertz CT molecular complexity index is 1500. The van der Waals surface area contributed by atoms with Crippen molar-refractivity contribution in [1.29, 1.82) is 0 Å². The summed E-state index contributed by atoms with van der Waals surface area (Å²) in [6.07, 6.45) is 4.45.